The first-order chi connectivity index (χ1) is 11.4. The van der Waals surface area contributed by atoms with Gasteiger partial charge in [-0.2, -0.15) is 0 Å². The van der Waals surface area contributed by atoms with Gasteiger partial charge in [0.15, 0.2) is 0 Å². The van der Waals surface area contributed by atoms with Crippen molar-refractivity contribution < 1.29 is 23.1 Å². The Morgan fingerprint density at radius 1 is 1.17 bits per heavy atom. The first-order valence-corrected chi connectivity index (χ1v) is 7.78. The first-order valence-electron chi connectivity index (χ1n) is 6.99. The van der Waals surface area contributed by atoms with Gasteiger partial charge in [0, 0.05) is 4.47 Å². The van der Waals surface area contributed by atoms with Crippen LogP contribution in [-0.4, -0.2) is 19.0 Å². The SMILES string of the molecule is COC(=O)CC(NC(=O)c1cc(F)ccc1F)c1ccc(Br)cc1. The van der Waals surface area contributed by atoms with E-state index in [2.05, 4.69) is 26.0 Å². The smallest absolute Gasteiger partial charge is 0.307 e. The predicted molar refractivity (Wildman–Crippen MR) is 87.3 cm³/mol. The topological polar surface area (TPSA) is 55.4 Å². The Labute approximate surface area is 145 Å². The van der Waals surface area contributed by atoms with Crippen LogP contribution in [0.2, 0.25) is 0 Å². The largest absolute Gasteiger partial charge is 0.469 e. The van der Waals surface area contributed by atoms with Crippen LogP contribution in [-0.2, 0) is 9.53 Å². The number of hydrogen-bond acceptors (Lipinski definition) is 3. The van der Waals surface area contributed by atoms with E-state index in [0.717, 1.165) is 22.7 Å². The minimum Gasteiger partial charge on any atom is -0.469 e. The van der Waals surface area contributed by atoms with E-state index in [-0.39, 0.29) is 6.42 Å². The Hall–Kier alpha value is -2.28. The van der Waals surface area contributed by atoms with E-state index >= 15 is 0 Å². The zero-order valence-electron chi connectivity index (χ0n) is 12.7. The molecule has 2 aromatic rings. The molecule has 0 spiro atoms. The van der Waals surface area contributed by atoms with Gasteiger partial charge in [-0.25, -0.2) is 8.78 Å². The Kier molecular flexibility index (Phi) is 6.03. The molecule has 2 rings (SSSR count). The van der Waals surface area contributed by atoms with Crippen LogP contribution < -0.4 is 5.32 Å². The molecule has 7 heteroatoms. The van der Waals surface area contributed by atoms with E-state index in [4.69, 9.17) is 0 Å². The molecule has 1 amide bonds. The number of nitrogens with one attached hydrogen (secondary N) is 1. The van der Waals surface area contributed by atoms with Crippen LogP contribution >= 0.6 is 15.9 Å². The van der Waals surface area contributed by atoms with E-state index < -0.39 is 35.1 Å². The summed E-state index contributed by atoms with van der Waals surface area (Å²) in [6, 6.07) is 8.77. The minimum atomic E-state index is -0.846. The maximum atomic E-state index is 13.7. The number of methoxy groups -OCH3 is 1. The summed E-state index contributed by atoms with van der Waals surface area (Å²) in [6.07, 6.45) is -0.138. The number of amides is 1. The third-order valence-electron chi connectivity index (χ3n) is 3.35. The van der Waals surface area contributed by atoms with Gasteiger partial charge in [-0.15, -0.1) is 0 Å². The van der Waals surface area contributed by atoms with Crippen LogP contribution in [0.4, 0.5) is 8.78 Å². The second-order valence-electron chi connectivity index (χ2n) is 4.98. The average Bonchev–Trinajstić information content (AvgIpc) is 2.56. The highest BCUT2D eigenvalue weighted by molar-refractivity contribution is 9.10. The highest BCUT2D eigenvalue weighted by Gasteiger charge is 2.21. The molecular formula is C17H14BrF2NO3. The zero-order chi connectivity index (χ0) is 17.7. The predicted octanol–water partition coefficient (Wildman–Crippen LogP) is 3.76. The second-order valence-corrected chi connectivity index (χ2v) is 5.90. The molecule has 126 valence electrons. The molecule has 2 aromatic carbocycles. The van der Waals surface area contributed by atoms with Gasteiger partial charge in [-0.3, -0.25) is 9.59 Å². The van der Waals surface area contributed by atoms with Crippen molar-refractivity contribution in [2.24, 2.45) is 0 Å². The van der Waals surface area contributed by atoms with Crippen molar-refractivity contribution in [1.82, 2.24) is 5.32 Å². The van der Waals surface area contributed by atoms with Crippen LogP contribution in [0.5, 0.6) is 0 Å². The lowest BCUT2D eigenvalue weighted by Crippen LogP contribution is -2.31. The Bertz CT molecular complexity index is 750. The molecule has 1 unspecified atom stereocenters. The van der Waals surface area contributed by atoms with Crippen LogP contribution in [0.3, 0.4) is 0 Å². The normalized spacial score (nSPS) is 11.7. The highest BCUT2D eigenvalue weighted by atomic mass is 79.9. The van der Waals surface area contributed by atoms with Crippen molar-refractivity contribution in [3.05, 3.63) is 69.7 Å². The number of rotatable bonds is 5. The van der Waals surface area contributed by atoms with Crippen molar-refractivity contribution in [2.75, 3.05) is 7.11 Å². The molecule has 24 heavy (non-hydrogen) atoms. The van der Waals surface area contributed by atoms with E-state index in [0.29, 0.717) is 5.56 Å². The minimum absolute atomic E-state index is 0.138. The summed E-state index contributed by atoms with van der Waals surface area (Å²) in [5, 5.41) is 2.54. The average molecular weight is 398 g/mol. The maximum absolute atomic E-state index is 13.7. The molecule has 0 saturated heterocycles. The molecule has 0 aliphatic carbocycles. The van der Waals surface area contributed by atoms with Gasteiger partial charge >= 0.3 is 5.97 Å². The summed E-state index contributed by atoms with van der Waals surface area (Å²) in [6.45, 7) is 0. The molecule has 0 heterocycles. The first kappa shape index (κ1) is 18.1. The van der Waals surface area contributed by atoms with E-state index in [9.17, 15) is 18.4 Å². The summed E-state index contributed by atoms with van der Waals surface area (Å²) in [4.78, 5) is 23.8. The number of hydrogen-bond donors (Lipinski definition) is 1. The van der Waals surface area contributed by atoms with Crippen molar-refractivity contribution in [3.8, 4) is 0 Å². The van der Waals surface area contributed by atoms with Gasteiger partial charge in [0.2, 0.25) is 0 Å². The van der Waals surface area contributed by atoms with E-state index in [1.54, 1.807) is 24.3 Å². The Morgan fingerprint density at radius 2 is 1.83 bits per heavy atom. The lowest BCUT2D eigenvalue weighted by Gasteiger charge is -2.18. The zero-order valence-corrected chi connectivity index (χ0v) is 14.3. The molecule has 1 atom stereocenters. The summed E-state index contributed by atoms with van der Waals surface area (Å²) in [5.74, 6) is -2.93. The molecule has 4 nitrogen and oxygen atoms in total. The molecule has 1 N–H and O–H groups in total. The molecule has 0 aliphatic rings. The van der Waals surface area contributed by atoms with Gasteiger partial charge in [0.25, 0.3) is 5.91 Å². The van der Waals surface area contributed by atoms with Gasteiger partial charge in [-0.1, -0.05) is 28.1 Å². The molecule has 0 fully saturated rings. The lowest BCUT2D eigenvalue weighted by atomic mass is 10.0. The fraction of sp³-hybridized carbons (Fsp3) is 0.176. The quantitative estimate of drug-likeness (QED) is 0.781. The number of carbonyl (C=O) groups excluding carboxylic acids is 2. The molecule has 0 aliphatic heterocycles. The monoisotopic (exact) mass is 397 g/mol. The molecule has 0 radical (unpaired) electrons. The lowest BCUT2D eigenvalue weighted by molar-refractivity contribution is -0.141. The second kappa shape index (κ2) is 8.01. The van der Waals surface area contributed by atoms with E-state index in [1.807, 2.05) is 0 Å². The summed E-state index contributed by atoms with van der Waals surface area (Å²) in [5.41, 5.74) is 0.204. The number of esters is 1. The van der Waals surface area contributed by atoms with Crippen molar-refractivity contribution >= 4 is 27.8 Å². The molecule has 0 bridgehead atoms. The summed E-state index contributed by atoms with van der Waals surface area (Å²) >= 11 is 3.29. The number of halogens is 3. The fourth-order valence-electron chi connectivity index (χ4n) is 2.10. The van der Waals surface area contributed by atoms with Crippen LogP contribution in [0.15, 0.2) is 46.9 Å². The van der Waals surface area contributed by atoms with Gasteiger partial charge in [0.05, 0.1) is 25.1 Å². The van der Waals surface area contributed by atoms with Crippen molar-refractivity contribution in [1.29, 1.82) is 0 Å². The van der Waals surface area contributed by atoms with Crippen LogP contribution in [0.1, 0.15) is 28.4 Å². The third kappa shape index (κ3) is 4.61. The molecule has 0 saturated carbocycles. The fourth-order valence-corrected chi connectivity index (χ4v) is 2.37. The number of carbonyl (C=O) groups is 2. The summed E-state index contributed by atoms with van der Waals surface area (Å²) < 4.78 is 32.4. The number of benzene rings is 2. The third-order valence-corrected chi connectivity index (χ3v) is 3.88. The molecular weight excluding hydrogens is 384 g/mol. The van der Waals surface area contributed by atoms with Crippen LogP contribution in [0.25, 0.3) is 0 Å². The van der Waals surface area contributed by atoms with Gasteiger partial charge in [0.1, 0.15) is 11.6 Å². The Balaban J connectivity index is 2.27. The van der Waals surface area contributed by atoms with Gasteiger partial charge < -0.3 is 10.1 Å². The summed E-state index contributed by atoms with van der Waals surface area (Å²) in [7, 11) is 1.23. The van der Waals surface area contributed by atoms with Crippen molar-refractivity contribution in [2.45, 2.75) is 12.5 Å². The number of ether oxygens (including phenoxy) is 1. The standard InChI is InChI=1S/C17H14BrF2NO3/c1-24-16(22)9-15(10-2-4-11(18)5-3-10)21-17(23)13-8-12(19)6-7-14(13)20/h2-8,15H,9H2,1H3,(H,21,23). The Morgan fingerprint density at radius 3 is 2.46 bits per heavy atom. The van der Waals surface area contributed by atoms with Gasteiger partial charge in [-0.05, 0) is 35.9 Å². The maximum Gasteiger partial charge on any atom is 0.307 e. The van der Waals surface area contributed by atoms with Crippen LogP contribution in [0, 0.1) is 11.6 Å². The highest BCUT2D eigenvalue weighted by Crippen LogP contribution is 2.21. The molecule has 0 aromatic heterocycles. The van der Waals surface area contributed by atoms with Crippen molar-refractivity contribution in [3.63, 3.8) is 0 Å². The van der Waals surface area contributed by atoms with E-state index in [1.165, 1.54) is 7.11 Å².